The highest BCUT2D eigenvalue weighted by Gasteiger charge is 2.14. The molecule has 17 heavy (non-hydrogen) atoms. The Morgan fingerprint density at radius 3 is 2.76 bits per heavy atom. The van der Waals surface area contributed by atoms with Crippen LogP contribution in [-0.2, 0) is 11.3 Å². The van der Waals surface area contributed by atoms with Crippen molar-refractivity contribution in [3.8, 4) is 0 Å². The fourth-order valence-electron chi connectivity index (χ4n) is 1.93. The van der Waals surface area contributed by atoms with E-state index in [9.17, 15) is 4.39 Å². The first-order valence-corrected chi connectivity index (χ1v) is 5.96. The lowest BCUT2D eigenvalue weighted by Crippen LogP contribution is -2.36. The molecule has 1 aromatic rings. The monoisotopic (exact) mass is 254 g/mol. The zero-order valence-corrected chi connectivity index (χ0v) is 10.3. The highest BCUT2D eigenvalue weighted by molar-refractivity contribution is 7.80. The van der Waals surface area contributed by atoms with Gasteiger partial charge in [-0.05, 0) is 23.8 Å². The third-order valence-electron chi connectivity index (χ3n) is 2.83. The largest absolute Gasteiger partial charge is 0.389 e. The molecule has 1 aliphatic rings. The molecule has 0 saturated carbocycles. The summed E-state index contributed by atoms with van der Waals surface area (Å²) in [5.41, 5.74) is 7.24. The second-order valence-electron chi connectivity index (χ2n) is 4.05. The Balaban J connectivity index is 2.17. The molecule has 1 fully saturated rings. The molecule has 0 atom stereocenters. The van der Waals surface area contributed by atoms with E-state index in [0.717, 1.165) is 37.4 Å². The highest BCUT2D eigenvalue weighted by Crippen LogP contribution is 2.15. The van der Waals surface area contributed by atoms with Crippen molar-refractivity contribution in [2.24, 2.45) is 5.73 Å². The van der Waals surface area contributed by atoms with Gasteiger partial charge in [-0.25, -0.2) is 4.39 Å². The fraction of sp³-hybridized carbons (Fsp3) is 0.417. The molecule has 1 aromatic carbocycles. The highest BCUT2D eigenvalue weighted by atomic mass is 32.1. The summed E-state index contributed by atoms with van der Waals surface area (Å²) in [6.45, 7) is 3.81. The number of benzene rings is 1. The summed E-state index contributed by atoms with van der Waals surface area (Å²) in [6.07, 6.45) is 0. The van der Waals surface area contributed by atoms with Gasteiger partial charge in [-0.15, -0.1) is 0 Å². The van der Waals surface area contributed by atoms with E-state index in [1.54, 1.807) is 6.07 Å². The van der Waals surface area contributed by atoms with Crippen LogP contribution in [0.2, 0.25) is 0 Å². The molecule has 1 aliphatic heterocycles. The average molecular weight is 254 g/mol. The van der Waals surface area contributed by atoms with E-state index >= 15 is 0 Å². The number of thiocarbonyl (C=S) groups is 1. The fourth-order valence-corrected chi connectivity index (χ4v) is 2.13. The molecule has 0 bridgehead atoms. The summed E-state index contributed by atoms with van der Waals surface area (Å²) >= 11 is 4.97. The van der Waals surface area contributed by atoms with Gasteiger partial charge in [0.1, 0.15) is 10.8 Å². The van der Waals surface area contributed by atoms with Gasteiger partial charge in [0.2, 0.25) is 0 Å². The van der Waals surface area contributed by atoms with Crippen LogP contribution >= 0.6 is 12.2 Å². The molecule has 92 valence electrons. The number of morpholine rings is 1. The van der Waals surface area contributed by atoms with Gasteiger partial charge >= 0.3 is 0 Å². The number of nitrogens with zero attached hydrogens (tertiary/aromatic N) is 1. The van der Waals surface area contributed by atoms with Crippen molar-refractivity contribution in [2.75, 3.05) is 26.3 Å². The minimum absolute atomic E-state index is 0.256. The van der Waals surface area contributed by atoms with Crippen LogP contribution in [0.5, 0.6) is 0 Å². The maximum atomic E-state index is 13.2. The lowest BCUT2D eigenvalue weighted by molar-refractivity contribution is 0.0341. The van der Waals surface area contributed by atoms with Crippen LogP contribution in [-0.4, -0.2) is 36.2 Å². The first kappa shape index (κ1) is 12.4. The molecule has 3 nitrogen and oxygen atoms in total. The van der Waals surface area contributed by atoms with Crippen molar-refractivity contribution >= 4 is 17.2 Å². The van der Waals surface area contributed by atoms with Gasteiger partial charge < -0.3 is 10.5 Å². The number of rotatable bonds is 3. The molecule has 0 radical (unpaired) electrons. The Hall–Kier alpha value is -1.04. The lowest BCUT2D eigenvalue weighted by Gasteiger charge is -2.27. The normalized spacial score (nSPS) is 17.0. The molecular formula is C12H15FN2OS. The van der Waals surface area contributed by atoms with Crippen LogP contribution in [0.15, 0.2) is 18.2 Å². The van der Waals surface area contributed by atoms with Gasteiger partial charge in [-0.1, -0.05) is 12.2 Å². The van der Waals surface area contributed by atoms with Crippen molar-refractivity contribution < 1.29 is 9.13 Å². The maximum absolute atomic E-state index is 13.2. The molecule has 0 aliphatic carbocycles. The third kappa shape index (κ3) is 3.21. The smallest absolute Gasteiger partial charge is 0.123 e. The topological polar surface area (TPSA) is 38.5 Å². The molecule has 0 aromatic heterocycles. The van der Waals surface area contributed by atoms with E-state index in [2.05, 4.69) is 4.90 Å². The molecule has 2 rings (SSSR count). The Morgan fingerprint density at radius 1 is 1.41 bits per heavy atom. The van der Waals surface area contributed by atoms with Crippen LogP contribution in [0.1, 0.15) is 11.1 Å². The van der Waals surface area contributed by atoms with Crippen molar-refractivity contribution in [3.63, 3.8) is 0 Å². The predicted octanol–water partition coefficient (Wildman–Crippen LogP) is 1.29. The first-order chi connectivity index (χ1) is 8.16. The second kappa shape index (κ2) is 5.53. The maximum Gasteiger partial charge on any atom is 0.123 e. The summed E-state index contributed by atoms with van der Waals surface area (Å²) in [6, 6.07) is 4.54. The van der Waals surface area contributed by atoms with Crippen molar-refractivity contribution in [1.29, 1.82) is 0 Å². The molecule has 5 heteroatoms. The molecule has 2 N–H and O–H groups in total. The Labute approximate surface area is 105 Å². The number of halogens is 1. The number of nitrogens with two attached hydrogens (primary N) is 1. The summed E-state index contributed by atoms with van der Waals surface area (Å²) in [7, 11) is 0. The number of ether oxygens (including phenoxy) is 1. The van der Waals surface area contributed by atoms with Gasteiger partial charge in [0, 0.05) is 25.2 Å². The zero-order chi connectivity index (χ0) is 12.3. The van der Waals surface area contributed by atoms with E-state index in [0.29, 0.717) is 11.5 Å². The van der Waals surface area contributed by atoms with E-state index in [4.69, 9.17) is 22.7 Å². The minimum atomic E-state index is -0.256. The van der Waals surface area contributed by atoms with Gasteiger partial charge in [0.05, 0.1) is 13.2 Å². The summed E-state index contributed by atoms with van der Waals surface area (Å²) in [5, 5.41) is 0. The van der Waals surface area contributed by atoms with Crippen LogP contribution in [0.25, 0.3) is 0 Å². The van der Waals surface area contributed by atoms with Crippen LogP contribution in [0, 0.1) is 5.82 Å². The summed E-state index contributed by atoms with van der Waals surface area (Å²) < 4.78 is 18.5. The van der Waals surface area contributed by atoms with Gasteiger partial charge in [-0.3, -0.25) is 4.90 Å². The number of hydrogen-bond donors (Lipinski definition) is 1. The first-order valence-electron chi connectivity index (χ1n) is 5.55. The van der Waals surface area contributed by atoms with Crippen LogP contribution < -0.4 is 5.73 Å². The lowest BCUT2D eigenvalue weighted by atomic mass is 10.1. The third-order valence-corrected chi connectivity index (χ3v) is 3.05. The molecule has 0 unspecified atom stereocenters. The van der Waals surface area contributed by atoms with Gasteiger partial charge in [0.25, 0.3) is 0 Å². The number of hydrogen-bond acceptors (Lipinski definition) is 3. The van der Waals surface area contributed by atoms with Gasteiger partial charge in [-0.2, -0.15) is 0 Å². The van der Waals surface area contributed by atoms with E-state index in [1.807, 2.05) is 0 Å². The van der Waals surface area contributed by atoms with E-state index in [-0.39, 0.29) is 5.82 Å². The van der Waals surface area contributed by atoms with Crippen molar-refractivity contribution in [3.05, 3.63) is 35.1 Å². The summed E-state index contributed by atoms with van der Waals surface area (Å²) in [4.78, 5) is 2.52. The second-order valence-corrected chi connectivity index (χ2v) is 4.49. The van der Waals surface area contributed by atoms with Gasteiger partial charge in [0.15, 0.2) is 0 Å². The van der Waals surface area contributed by atoms with Crippen molar-refractivity contribution in [2.45, 2.75) is 6.54 Å². The molecule has 0 amide bonds. The Kier molecular flexibility index (Phi) is 4.04. The molecule has 0 spiro atoms. The standard InChI is InChI=1S/C12H15FN2OS/c13-10-1-2-11(12(14)17)9(7-10)8-15-3-5-16-6-4-15/h1-2,7H,3-6,8H2,(H2,14,17). The summed E-state index contributed by atoms with van der Waals surface area (Å²) in [5.74, 6) is -0.256. The molecule has 1 saturated heterocycles. The minimum Gasteiger partial charge on any atom is -0.389 e. The van der Waals surface area contributed by atoms with Crippen LogP contribution in [0.4, 0.5) is 4.39 Å². The average Bonchev–Trinajstić information content (AvgIpc) is 2.30. The predicted molar refractivity (Wildman–Crippen MR) is 68.4 cm³/mol. The van der Waals surface area contributed by atoms with E-state index < -0.39 is 0 Å². The Bertz CT molecular complexity index is 419. The Morgan fingerprint density at radius 2 is 2.12 bits per heavy atom. The van der Waals surface area contributed by atoms with Crippen LogP contribution in [0.3, 0.4) is 0 Å². The zero-order valence-electron chi connectivity index (χ0n) is 9.49. The van der Waals surface area contributed by atoms with E-state index in [1.165, 1.54) is 12.1 Å². The molecular weight excluding hydrogens is 239 g/mol. The quantitative estimate of drug-likeness (QED) is 0.825. The molecule has 1 heterocycles. The van der Waals surface area contributed by atoms with Crippen molar-refractivity contribution in [1.82, 2.24) is 4.90 Å². The SMILES string of the molecule is NC(=S)c1ccc(F)cc1CN1CCOCC1.